The number of nitrogens with one attached hydrogen (secondary N) is 1. The molecule has 120 valence electrons. The normalized spacial score (nSPS) is 30.2. The smallest absolute Gasteiger partial charge is 0.269 e. The van der Waals surface area contributed by atoms with Crippen LogP contribution in [0.3, 0.4) is 0 Å². The molecule has 1 heterocycles. The van der Waals surface area contributed by atoms with Crippen LogP contribution in [0.15, 0.2) is 24.3 Å². The van der Waals surface area contributed by atoms with Gasteiger partial charge in [-0.2, -0.15) is 5.26 Å². The molecule has 2 rings (SSSR count). The fraction of sp³-hybridized carbons (Fsp3) is 0.400. The van der Waals surface area contributed by atoms with Crippen molar-refractivity contribution in [3.8, 4) is 6.07 Å². The van der Waals surface area contributed by atoms with Crippen molar-refractivity contribution in [1.29, 1.82) is 5.26 Å². The second-order valence-corrected chi connectivity index (χ2v) is 5.71. The maximum absolute atomic E-state index is 12.1. The number of ketones is 1. The summed E-state index contributed by atoms with van der Waals surface area (Å²) < 4.78 is 0. The number of hydrogen-bond donors (Lipinski definition) is 2. The molecule has 0 aromatic heterocycles. The van der Waals surface area contributed by atoms with E-state index in [2.05, 4.69) is 5.32 Å². The van der Waals surface area contributed by atoms with Crippen molar-refractivity contribution < 1.29 is 19.6 Å². The number of aliphatic hydroxyl groups is 1. The molecule has 0 saturated carbocycles. The highest BCUT2D eigenvalue weighted by Crippen LogP contribution is 2.42. The highest BCUT2D eigenvalue weighted by molar-refractivity contribution is 5.89. The van der Waals surface area contributed by atoms with E-state index < -0.39 is 40.1 Å². The van der Waals surface area contributed by atoms with Crippen LogP contribution in [0.1, 0.15) is 25.3 Å². The topological polar surface area (TPSA) is 133 Å². The first-order valence-corrected chi connectivity index (χ1v) is 6.88. The number of piperidine rings is 1. The van der Waals surface area contributed by atoms with E-state index in [9.17, 15) is 30.1 Å². The number of non-ortho nitro benzene ring substituents is 1. The molecule has 0 aliphatic carbocycles. The van der Waals surface area contributed by atoms with Gasteiger partial charge in [0.15, 0.2) is 0 Å². The van der Waals surface area contributed by atoms with Crippen LogP contribution >= 0.6 is 0 Å². The molecule has 1 aromatic rings. The summed E-state index contributed by atoms with van der Waals surface area (Å²) in [5, 5.41) is 32.9. The van der Waals surface area contributed by atoms with Crippen molar-refractivity contribution in [2.24, 2.45) is 11.8 Å². The Morgan fingerprint density at radius 3 is 2.70 bits per heavy atom. The molecule has 1 fully saturated rings. The molecule has 0 unspecified atom stereocenters. The molecule has 1 amide bonds. The zero-order chi connectivity index (χ0) is 17.4. The number of nitriles is 1. The van der Waals surface area contributed by atoms with Gasteiger partial charge in [-0.1, -0.05) is 12.1 Å². The number of carbonyl (C=O) groups is 2. The van der Waals surface area contributed by atoms with Gasteiger partial charge in [0, 0.05) is 18.1 Å². The van der Waals surface area contributed by atoms with Gasteiger partial charge in [0.2, 0.25) is 5.91 Å². The standard InChI is InChI=1S/C15H15N3O5/c1-8(19)13-12(9-4-3-5-10(6-9)18(22)23)11(7-16)14(20)17-15(13,2)21/h3-6,11-13,21H,1-2H3,(H,17,20)/t11-,12+,13-,15-/m0/s1. The van der Waals surface area contributed by atoms with E-state index >= 15 is 0 Å². The average molecular weight is 317 g/mol. The molecule has 0 bridgehead atoms. The first kappa shape index (κ1) is 16.6. The van der Waals surface area contributed by atoms with Gasteiger partial charge in [-0.3, -0.25) is 19.7 Å². The van der Waals surface area contributed by atoms with Crippen LogP contribution in [0.25, 0.3) is 0 Å². The van der Waals surface area contributed by atoms with Crippen molar-refractivity contribution in [1.82, 2.24) is 5.32 Å². The molecule has 0 spiro atoms. The van der Waals surface area contributed by atoms with Crippen LogP contribution in [0.2, 0.25) is 0 Å². The minimum absolute atomic E-state index is 0.216. The molecule has 8 nitrogen and oxygen atoms in total. The van der Waals surface area contributed by atoms with E-state index in [-0.39, 0.29) is 5.69 Å². The maximum atomic E-state index is 12.1. The monoisotopic (exact) mass is 317 g/mol. The number of nitro groups is 1. The van der Waals surface area contributed by atoms with Gasteiger partial charge in [-0.05, 0) is 19.4 Å². The zero-order valence-corrected chi connectivity index (χ0v) is 12.5. The first-order valence-electron chi connectivity index (χ1n) is 6.88. The minimum atomic E-state index is -1.84. The Morgan fingerprint density at radius 1 is 1.52 bits per heavy atom. The van der Waals surface area contributed by atoms with Gasteiger partial charge >= 0.3 is 0 Å². The molecule has 8 heteroatoms. The summed E-state index contributed by atoms with van der Waals surface area (Å²) in [5.41, 5.74) is -1.76. The van der Waals surface area contributed by atoms with E-state index in [4.69, 9.17) is 0 Å². The van der Waals surface area contributed by atoms with Crippen LogP contribution in [0, 0.1) is 33.3 Å². The third-order valence-corrected chi connectivity index (χ3v) is 4.03. The van der Waals surface area contributed by atoms with Gasteiger partial charge in [-0.15, -0.1) is 0 Å². The van der Waals surface area contributed by atoms with E-state index in [1.807, 2.05) is 6.07 Å². The lowest BCUT2D eigenvalue weighted by molar-refractivity contribution is -0.385. The summed E-state index contributed by atoms with van der Waals surface area (Å²) in [7, 11) is 0. The predicted molar refractivity (Wildman–Crippen MR) is 77.9 cm³/mol. The number of nitro benzene ring substituents is 1. The Hall–Kier alpha value is -2.79. The second kappa shape index (κ2) is 5.78. The zero-order valence-electron chi connectivity index (χ0n) is 12.5. The number of hydrogen-bond acceptors (Lipinski definition) is 6. The number of Topliss-reactive ketones (excluding diaryl/α,β-unsaturated/α-hetero) is 1. The quantitative estimate of drug-likeness (QED) is 0.627. The Balaban J connectivity index is 2.63. The van der Waals surface area contributed by atoms with E-state index in [1.54, 1.807) is 0 Å². The number of rotatable bonds is 3. The summed E-state index contributed by atoms with van der Waals surface area (Å²) in [6.07, 6.45) is 0. The molecular weight excluding hydrogens is 302 g/mol. The second-order valence-electron chi connectivity index (χ2n) is 5.71. The maximum Gasteiger partial charge on any atom is 0.269 e. The fourth-order valence-corrected chi connectivity index (χ4v) is 3.13. The van der Waals surface area contributed by atoms with Gasteiger partial charge in [0.1, 0.15) is 17.4 Å². The van der Waals surface area contributed by atoms with Crippen molar-refractivity contribution in [3.05, 3.63) is 39.9 Å². The molecule has 1 saturated heterocycles. The molecule has 1 aliphatic rings. The van der Waals surface area contributed by atoms with Gasteiger partial charge in [0.25, 0.3) is 5.69 Å². The average Bonchev–Trinajstić information content (AvgIpc) is 2.45. The molecule has 2 N–H and O–H groups in total. The summed E-state index contributed by atoms with van der Waals surface area (Å²) in [6.45, 7) is 2.52. The van der Waals surface area contributed by atoms with Crippen LogP contribution in [0.4, 0.5) is 5.69 Å². The minimum Gasteiger partial charge on any atom is -0.370 e. The molecule has 23 heavy (non-hydrogen) atoms. The highest BCUT2D eigenvalue weighted by Gasteiger charge is 2.52. The number of nitrogens with zero attached hydrogens (tertiary/aromatic N) is 2. The molecule has 1 aromatic carbocycles. The van der Waals surface area contributed by atoms with E-state index in [1.165, 1.54) is 38.1 Å². The summed E-state index contributed by atoms with van der Waals surface area (Å²) in [6, 6.07) is 7.25. The van der Waals surface area contributed by atoms with Crippen LogP contribution < -0.4 is 5.32 Å². The summed E-state index contributed by atoms with van der Waals surface area (Å²) in [4.78, 5) is 34.4. The third-order valence-electron chi connectivity index (χ3n) is 4.03. The Kier molecular flexibility index (Phi) is 4.16. The largest absolute Gasteiger partial charge is 0.370 e. The van der Waals surface area contributed by atoms with Gasteiger partial charge in [0.05, 0.1) is 16.9 Å². The van der Waals surface area contributed by atoms with Crippen molar-refractivity contribution >= 4 is 17.4 Å². The third kappa shape index (κ3) is 2.91. The van der Waals surface area contributed by atoms with Crippen molar-refractivity contribution in [2.75, 3.05) is 0 Å². The van der Waals surface area contributed by atoms with Crippen LogP contribution in [-0.2, 0) is 9.59 Å². The van der Waals surface area contributed by atoms with E-state index in [0.29, 0.717) is 5.56 Å². The number of benzene rings is 1. The lowest BCUT2D eigenvalue weighted by Gasteiger charge is -2.43. The summed E-state index contributed by atoms with van der Waals surface area (Å²) >= 11 is 0. The van der Waals surface area contributed by atoms with Crippen molar-refractivity contribution in [3.63, 3.8) is 0 Å². The Labute approximate surface area is 131 Å². The SMILES string of the molecule is CC(=O)[C@H]1[C@H](c2cccc([N+](=O)[O-])c2)[C@H](C#N)C(=O)N[C@@]1(C)O. The van der Waals surface area contributed by atoms with Crippen molar-refractivity contribution in [2.45, 2.75) is 25.5 Å². The van der Waals surface area contributed by atoms with E-state index in [0.717, 1.165) is 0 Å². The summed E-state index contributed by atoms with van der Waals surface area (Å²) in [5.74, 6) is -4.43. The fourth-order valence-electron chi connectivity index (χ4n) is 3.13. The lowest BCUT2D eigenvalue weighted by atomic mass is 9.68. The number of amides is 1. The molecular formula is C15H15N3O5. The highest BCUT2D eigenvalue weighted by atomic mass is 16.6. The van der Waals surface area contributed by atoms with Gasteiger partial charge < -0.3 is 10.4 Å². The molecule has 4 atom stereocenters. The van der Waals surface area contributed by atoms with Gasteiger partial charge in [-0.25, -0.2) is 0 Å². The predicted octanol–water partition coefficient (Wildman–Crippen LogP) is 0.862. The molecule has 1 aliphatic heterocycles. The van der Waals surface area contributed by atoms with Crippen LogP contribution in [-0.4, -0.2) is 27.4 Å². The Bertz CT molecular complexity index is 722. The molecule has 0 radical (unpaired) electrons. The number of carbonyl (C=O) groups excluding carboxylic acids is 2. The first-order chi connectivity index (χ1) is 10.7. The Morgan fingerprint density at radius 2 is 2.17 bits per heavy atom. The lowest BCUT2D eigenvalue weighted by Crippen LogP contribution is -2.62. The van der Waals surface area contributed by atoms with Crippen LogP contribution in [0.5, 0.6) is 0 Å².